The van der Waals surface area contributed by atoms with Gasteiger partial charge in [0.05, 0.1) is 16.3 Å². The van der Waals surface area contributed by atoms with Crippen LogP contribution in [-0.2, 0) is 0 Å². The van der Waals surface area contributed by atoms with Crippen LogP contribution in [0.25, 0.3) is 33.9 Å². The van der Waals surface area contributed by atoms with E-state index in [1.807, 2.05) is 60.7 Å². The zero-order valence-electron chi connectivity index (χ0n) is 14.1. The molecule has 0 amide bonds. The van der Waals surface area contributed by atoms with Gasteiger partial charge >= 0.3 is 0 Å². The third-order valence-electron chi connectivity index (χ3n) is 4.24. The van der Waals surface area contributed by atoms with Crippen molar-refractivity contribution in [1.82, 2.24) is 9.97 Å². The molecule has 1 aromatic heterocycles. The highest BCUT2D eigenvalue weighted by Gasteiger charge is 2.17. The second kappa shape index (κ2) is 6.76. The molecule has 0 aliphatic rings. The highest BCUT2D eigenvalue weighted by atomic mass is 16.6. The second-order valence-electron chi connectivity index (χ2n) is 5.98. The molecule has 0 aliphatic heterocycles. The standard InChI is InChI=1S/C21H15N3O3/c25-18-12-11-16(13-17(18)24(26)27)21-22-19(14-7-3-1-4-8-14)20(23-21)15-9-5-2-6-10-15/h1-13,25H,(H,22,23)/p-1. The summed E-state index contributed by atoms with van der Waals surface area (Å²) in [4.78, 5) is 18.4. The summed E-state index contributed by atoms with van der Waals surface area (Å²) in [7, 11) is 0. The maximum absolute atomic E-state index is 11.7. The Labute approximate surface area is 154 Å². The summed E-state index contributed by atoms with van der Waals surface area (Å²) < 4.78 is 0. The number of nitro groups is 1. The van der Waals surface area contributed by atoms with Gasteiger partial charge in [-0.2, -0.15) is 0 Å². The van der Waals surface area contributed by atoms with Gasteiger partial charge in [0.15, 0.2) is 0 Å². The molecule has 6 nitrogen and oxygen atoms in total. The van der Waals surface area contributed by atoms with E-state index in [4.69, 9.17) is 0 Å². The zero-order valence-corrected chi connectivity index (χ0v) is 14.1. The summed E-state index contributed by atoms with van der Waals surface area (Å²) in [6.45, 7) is 0. The molecule has 0 unspecified atom stereocenters. The van der Waals surface area contributed by atoms with Gasteiger partial charge in [0.25, 0.3) is 5.69 Å². The average Bonchev–Trinajstić information content (AvgIpc) is 3.15. The van der Waals surface area contributed by atoms with Gasteiger partial charge in [-0.1, -0.05) is 72.8 Å². The topological polar surface area (TPSA) is 94.9 Å². The normalized spacial score (nSPS) is 10.7. The van der Waals surface area contributed by atoms with Gasteiger partial charge in [-0.05, 0) is 5.75 Å². The lowest BCUT2D eigenvalue weighted by atomic mass is 10.1. The number of aromatic amines is 1. The maximum atomic E-state index is 11.7. The molecule has 1 N–H and O–H groups in total. The molecule has 4 aromatic rings. The lowest BCUT2D eigenvalue weighted by Crippen LogP contribution is -1.98. The van der Waals surface area contributed by atoms with Gasteiger partial charge in [0.2, 0.25) is 0 Å². The summed E-state index contributed by atoms with van der Waals surface area (Å²) in [6.07, 6.45) is 0. The first-order chi connectivity index (χ1) is 13.1. The number of imidazole rings is 1. The van der Waals surface area contributed by atoms with E-state index in [1.165, 1.54) is 18.2 Å². The number of hydrogen-bond donors (Lipinski definition) is 1. The number of rotatable bonds is 4. The molecule has 4 rings (SSSR count). The molecule has 0 saturated heterocycles. The maximum Gasteiger partial charge on any atom is 0.262 e. The van der Waals surface area contributed by atoms with Gasteiger partial charge in [0.1, 0.15) is 5.82 Å². The summed E-state index contributed by atoms with van der Waals surface area (Å²) >= 11 is 0. The van der Waals surface area contributed by atoms with Crippen molar-refractivity contribution < 1.29 is 10.0 Å². The minimum atomic E-state index is -0.676. The van der Waals surface area contributed by atoms with E-state index in [0.29, 0.717) is 11.4 Å². The van der Waals surface area contributed by atoms with Crippen LogP contribution in [0.4, 0.5) is 5.69 Å². The number of H-pyrrole nitrogens is 1. The highest BCUT2D eigenvalue weighted by molar-refractivity contribution is 5.81. The van der Waals surface area contributed by atoms with E-state index in [1.54, 1.807) is 0 Å². The van der Waals surface area contributed by atoms with E-state index in [0.717, 1.165) is 22.5 Å². The predicted octanol–water partition coefficient (Wildman–Crippen LogP) is 4.39. The van der Waals surface area contributed by atoms with E-state index in [-0.39, 0.29) is 0 Å². The Hall–Kier alpha value is -3.93. The Morgan fingerprint density at radius 3 is 2.07 bits per heavy atom. The van der Waals surface area contributed by atoms with E-state index in [9.17, 15) is 15.2 Å². The van der Waals surface area contributed by atoms with Crippen LogP contribution in [-0.4, -0.2) is 14.9 Å². The molecule has 0 aliphatic carbocycles. The summed E-state index contributed by atoms with van der Waals surface area (Å²) in [5, 5.41) is 22.8. The van der Waals surface area contributed by atoms with Crippen LogP contribution < -0.4 is 5.11 Å². The number of nitrogens with zero attached hydrogens (tertiary/aromatic N) is 2. The molecule has 0 atom stereocenters. The van der Waals surface area contributed by atoms with Crippen LogP contribution in [0.1, 0.15) is 0 Å². The monoisotopic (exact) mass is 356 g/mol. The van der Waals surface area contributed by atoms with Crippen molar-refractivity contribution in [2.24, 2.45) is 0 Å². The van der Waals surface area contributed by atoms with Crippen molar-refractivity contribution in [3.63, 3.8) is 0 Å². The Balaban J connectivity index is 1.90. The summed E-state index contributed by atoms with van der Waals surface area (Å²) in [5.41, 5.74) is 3.45. The molecule has 1 heterocycles. The summed E-state index contributed by atoms with van der Waals surface area (Å²) in [6, 6.07) is 23.4. The van der Waals surface area contributed by atoms with Gasteiger partial charge in [0, 0.05) is 22.8 Å². The highest BCUT2D eigenvalue weighted by Crippen LogP contribution is 2.34. The average molecular weight is 356 g/mol. The third kappa shape index (κ3) is 3.16. The van der Waals surface area contributed by atoms with Gasteiger partial charge in [-0.3, -0.25) is 10.1 Å². The molecule has 6 heteroatoms. The SMILES string of the molecule is O=[N+]([O-])c1cc(-c2nc(-c3ccccc3)c(-c3ccccc3)[nH]2)ccc1[O-]. The van der Waals surface area contributed by atoms with Gasteiger partial charge in [-0.25, -0.2) is 4.98 Å². The molecule has 0 spiro atoms. The van der Waals surface area contributed by atoms with Crippen molar-refractivity contribution in [3.8, 4) is 39.7 Å². The molecule has 27 heavy (non-hydrogen) atoms. The van der Waals surface area contributed by atoms with Crippen molar-refractivity contribution in [3.05, 3.63) is 89.0 Å². The first kappa shape index (κ1) is 16.5. The number of nitrogens with one attached hydrogen (secondary N) is 1. The Morgan fingerprint density at radius 1 is 0.815 bits per heavy atom. The van der Waals surface area contributed by atoms with Crippen molar-refractivity contribution in [2.45, 2.75) is 0 Å². The molecule has 0 fully saturated rings. The minimum absolute atomic E-state index is 0.466. The summed E-state index contributed by atoms with van der Waals surface area (Å²) in [5.74, 6) is -0.155. The van der Waals surface area contributed by atoms with Gasteiger partial charge < -0.3 is 10.1 Å². The Kier molecular flexibility index (Phi) is 4.14. The molecule has 0 radical (unpaired) electrons. The second-order valence-corrected chi connectivity index (χ2v) is 5.98. The van der Waals surface area contributed by atoms with Crippen molar-refractivity contribution in [1.29, 1.82) is 0 Å². The fourth-order valence-electron chi connectivity index (χ4n) is 2.94. The smallest absolute Gasteiger partial charge is 0.262 e. The molecule has 0 bridgehead atoms. The van der Waals surface area contributed by atoms with Crippen LogP contribution in [0, 0.1) is 10.1 Å². The van der Waals surface area contributed by atoms with E-state index in [2.05, 4.69) is 9.97 Å². The van der Waals surface area contributed by atoms with Crippen LogP contribution in [0.2, 0.25) is 0 Å². The lowest BCUT2D eigenvalue weighted by molar-refractivity contribution is -0.398. The number of hydrogen-bond acceptors (Lipinski definition) is 4. The predicted molar refractivity (Wildman–Crippen MR) is 101 cm³/mol. The molecular formula is C21H14N3O3-. The molecule has 0 saturated carbocycles. The quantitative estimate of drug-likeness (QED) is 0.433. The van der Waals surface area contributed by atoms with Crippen molar-refractivity contribution in [2.75, 3.05) is 0 Å². The van der Waals surface area contributed by atoms with E-state index >= 15 is 0 Å². The molecule has 132 valence electrons. The van der Waals surface area contributed by atoms with Gasteiger partial charge in [-0.15, -0.1) is 0 Å². The van der Waals surface area contributed by atoms with Crippen LogP contribution in [0.15, 0.2) is 78.9 Å². The molecular weight excluding hydrogens is 342 g/mol. The Bertz CT molecular complexity index is 1050. The first-order valence-corrected chi connectivity index (χ1v) is 8.30. The minimum Gasteiger partial charge on any atom is -0.868 e. The zero-order chi connectivity index (χ0) is 18.8. The Morgan fingerprint density at radius 2 is 1.44 bits per heavy atom. The largest absolute Gasteiger partial charge is 0.868 e. The van der Waals surface area contributed by atoms with Crippen LogP contribution in [0.5, 0.6) is 5.75 Å². The van der Waals surface area contributed by atoms with Crippen LogP contribution in [0.3, 0.4) is 0 Å². The number of benzene rings is 3. The fourth-order valence-corrected chi connectivity index (χ4v) is 2.94. The number of aromatic nitrogens is 2. The first-order valence-electron chi connectivity index (χ1n) is 8.30. The third-order valence-corrected chi connectivity index (χ3v) is 4.24. The van der Waals surface area contributed by atoms with Crippen LogP contribution >= 0.6 is 0 Å². The molecule has 3 aromatic carbocycles. The number of nitro benzene ring substituents is 1. The van der Waals surface area contributed by atoms with Crippen molar-refractivity contribution >= 4 is 5.69 Å². The van der Waals surface area contributed by atoms with E-state index < -0.39 is 16.4 Å². The fraction of sp³-hybridized carbons (Fsp3) is 0. The lowest BCUT2D eigenvalue weighted by Gasteiger charge is -2.06.